The molecule has 2 fully saturated rings. The molecule has 2 aliphatic rings. The molecule has 0 aromatic heterocycles. The molecule has 1 heteroatoms. The van der Waals surface area contributed by atoms with Crippen molar-refractivity contribution in [3.63, 3.8) is 0 Å². The Kier molecular flexibility index (Phi) is 4.18. The topological polar surface area (TPSA) is 12.0 Å². The summed E-state index contributed by atoms with van der Waals surface area (Å²) in [5, 5.41) is 3.45. The van der Waals surface area contributed by atoms with E-state index in [9.17, 15) is 0 Å². The molecule has 82 valence electrons. The lowest BCUT2D eigenvalue weighted by atomic mass is 9.55. The first-order valence-electron chi connectivity index (χ1n) is 5.93. The van der Waals surface area contributed by atoms with Gasteiger partial charge in [-0.05, 0) is 56.0 Å². The predicted molar refractivity (Wildman–Crippen MR) is 63.4 cm³/mol. The van der Waals surface area contributed by atoms with E-state index in [1.165, 1.54) is 38.8 Å². The molecule has 0 unspecified atom stereocenters. The van der Waals surface area contributed by atoms with Crippen molar-refractivity contribution in [2.45, 2.75) is 39.5 Å². The number of piperidine rings is 1. The summed E-state index contributed by atoms with van der Waals surface area (Å²) >= 11 is 0. The van der Waals surface area contributed by atoms with E-state index in [-0.39, 0.29) is 0 Å². The van der Waals surface area contributed by atoms with Gasteiger partial charge in [0.2, 0.25) is 0 Å². The molecule has 2 rings (SSSR count). The van der Waals surface area contributed by atoms with E-state index in [0.29, 0.717) is 0 Å². The quantitative estimate of drug-likeness (QED) is 0.633. The second kappa shape index (κ2) is 4.97. The fourth-order valence-corrected chi connectivity index (χ4v) is 2.89. The van der Waals surface area contributed by atoms with Crippen molar-refractivity contribution in [2.24, 2.45) is 17.3 Å². The summed E-state index contributed by atoms with van der Waals surface area (Å²) in [6.45, 7) is 13.3. The van der Waals surface area contributed by atoms with Gasteiger partial charge in [-0.2, -0.15) is 0 Å². The van der Waals surface area contributed by atoms with E-state index in [2.05, 4.69) is 32.3 Å². The lowest BCUT2D eigenvalue weighted by Crippen LogP contribution is -2.46. The first-order valence-corrected chi connectivity index (χ1v) is 5.93. The minimum Gasteiger partial charge on any atom is -0.317 e. The second-order valence-electron chi connectivity index (χ2n) is 5.16. The zero-order chi connectivity index (χ0) is 10.6. The molecule has 0 radical (unpaired) electrons. The Labute approximate surface area is 89.0 Å². The van der Waals surface area contributed by atoms with Crippen molar-refractivity contribution in [3.05, 3.63) is 13.2 Å². The lowest BCUT2D eigenvalue weighted by molar-refractivity contribution is -0.00191. The molecule has 14 heavy (non-hydrogen) atoms. The van der Waals surface area contributed by atoms with Gasteiger partial charge in [0.25, 0.3) is 0 Å². The van der Waals surface area contributed by atoms with Crippen LogP contribution in [0.4, 0.5) is 0 Å². The van der Waals surface area contributed by atoms with Crippen LogP contribution in [0.15, 0.2) is 13.2 Å². The van der Waals surface area contributed by atoms with Crippen LogP contribution in [0, 0.1) is 17.3 Å². The van der Waals surface area contributed by atoms with Crippen LogP contribution in [0.25, 0.3) is 0 Å². The van der Waals surface area contributed by atoms with Gasteiger partial charge in [0.15, 0.2) is 0 Å². The SMILES string of the molecule is C=C.CC(C)C1CC2(CCNCC2)C1. The number of hydrogen-bond acceptors (Lipinski definition) is 1. The van der Waals surface area contributed by atoms with Crippen LogP contribution in [0.1, 0.15) is 39.5 Å². The highest BCUT2D eigenvalue weighted by Crippen LogP contribution is 2.53. The van der Waals surface area contributed by atoms with Crippen LogP contribution in [-0.2, 0) is 0 Å². The molecular weight excluding hydrogens is 170 g/mol. The third kappa shape index (κ3) is 2.38. The first-order chi connectivity index (χ1) is 6.72. The van der Waals surface area contributed by atoms with E-state index >= 15 is 0 Å². The van der Waals surface area contributed by atoms with Crippen LogP contribution in [0.2, 0.25) is 0 Å². The van der Waals surface area contributed by atoms with Crippen LogP contribution in [0.5, 0.6) is 0 Å². The molecule has 1 spiro atoms. The van der Waals surface area contributed by atoms with Gasteiger partial charge in [0.1, 0.15) is 0 Å². The standard InChI is InChI=1S/C11H21N.C2H4/c1-9(2)10-7-11(8-10)3-5-12-6-4-11;1-2/h9-10,12H,3-8H2,1-2H3;1-2H2. The third-order valence-corrected chi connectivity index (χ3v) is 4.00. The summed E-state index contributed by atoms with van der Waals surface area (Å²) in [5.41, 5.74) is 0.792. The van der Waals surface area contributed by atoms with Crippen LogP contribution in [0.3, 0.4) is 0 Å². The van der Waals surface area contributed by atoms with Crippen molar-refractivity contribution in [1.82, 2.24) is 5.32 Å². The number of rotatable bonds is 1. The highest BCUT2D eigenvalue weighted by Gasteiger charge is 2.44. The van der Waals surface area contributed by atoms with Crippen LogP contribution in [-0.4, -0.2) is 13.1 Å². The highest BCUT2D eigenvalue weighted by atomic mass is 14.9. The average molecular weight is 195 g/mol. The van der Waals surface area contributed by atoms with E-state index < -0.39 is 0 Å². The zero-order valence-corrected chi connectivity index (χ0v) is 9.81. The first kappa shape index (κ1) is 11.8. The molecule has 1 aliphatic carbocycles. The molecule has 1 aliphatic heterocycles. The molecule has 1 saturated carbocycles. The van der Waals surface area contributed by atoms with Gasteiger partial charge in [0.05, 0.1) is 0 Å². The van der Waals surface area contributed by atoms with E-state index in [1.54, 1.807) is 0 Å². The summed E-state index contributed by atoms with van der Waals surface area (Å²) in [6.07, 6.45) is 5.92. The molecule has 1 heterocycles. The molecule has 0 bridgehead atoms. The minimum atomic E-state index is 0.792. The zero-order valence-electron chi connectivity index (χ0n) is 9.81. The normalized spacial score (nSPS) is 25.4. The predicted octanol–water partition coefficient (Wildman–Crippen LogP) is 3.22. The maximum absolute atomic E-state index is 3.45. The van der Waals surface area contributed by atoms with Gasteiger partial charge in [0, 0.05) is 0 Å². The summed E-state index contributed by atoms with van der Waals surface area (Å²) in [7, 11) is 0. The maximum atomic E-state index is 3.45. The summed E-state index contributed by atoms with van der Waals surface area (Å²) in [5.74, 6) is 1.97. The van der Waals surface area contributed by atoms with Gasteiger partial charge in [-0.15, -0.1) is 13.2 Å². The number of hydrogen-bond donors (Lipinski definition) is 1. The summed E-state index contributed by atoms with van der Waals surface area (Å²) < 4.78 is 0. The Bertz CT molecular complexity index is 160. The van der Waals surface area contributed by atoms with Gasteiger partial charge < -0.3 is 5.32 Å². The summed E-state index contributed by atoms with van der Waals surface area (Å²) in [4.78, 5) is 0. The van der Waals surface area contributed by atoms with Crippen molar-refractivity contribution in [2.75, 3.05) is 13.1 Å². The molecule has 0 amide bonds. The largest absolute Gasteiger partial charge is 0.317 e. The van der Waals surface area contributed by atoms with Crippen molar-refractivity contribution < 1.29 is 0 Å². The van der Waals surface area contributed by atoms with Crippen molar-refractivity contribution in [3.8, 4) is 0 Å². The van der Waals surface area contributed by atoms with Crippen LogP contribution < -0.4 is 5.32 Å². The monoisotopic (exact) mass is 195 g/mol. The lowest BCUT2D eigenvalue weighted by Gasteiger charge is -2.52. The Balaban J connectivity index is 0.000000461. The Morgan fingerprint density at radius 3 is 2.07 bits per heavy atom. The molecule has 0 atom stereocenters. The highest BCUT2D eigenvalue weighted by molar-refractivity contribution is 4.96. The molecular formula is C13H25N. The van der Waals surface area contributed by atoms with E-state index in [4.69, 9.17) is 0 Å². The number of nitrogens with one attached hydrogen (secondary N) is 1. The Morgan fingerprint density at radius 2 is 1.64 bits per heavy atom. The molecule has 1 N–H and O–H groups in total. The Hall–Kier alpha value is -0.300. The molecule has 0 aromatic rings. The fourth-order valence-electron chi connectivity index (χ4n) is 2.89. The average Bonchev–Trinajstić information content (AvgIpc) is 2.18. The third-order valence-electron chi connectivity index (χ3n) is 4.00. The van der Waals surface area contributed by atoms with E-state index in [1.807, 2.05) is 0 Å². The molecule has 1 saturated heterocycles. The minimum absolute atomic E-state index is 0.792. The van der Waals surface area contributed by atoms with E-state index in [0.717, 1.165) is 17.3 Å². The summed E-state index contributed by atoms with van der Waals surface area (Å²) in [6, 6.07) is 0. The molecule has 0 aromatic carbocycles. The van der Waals surface area contributed by atoms with Gasteiger partial charge in [-0.25, -0.2) is 0 Å². The second-order valence-corrected chi connectivity index (χ2v) is 5.16. The fraction of sp³-hybridized carbons (Fsp3) is 0.846. The van der Waals surface area contributed by atoms with Crippen molar-refractivity contribution >= 4 is 0 Å². The van der Waals surface area contributed by atoms with Gasteiger partial charge in [-0.3, -0.25) is 0 Å². The van der Waals surface area contributed by atoms with Gasteiger partial charge >= 0.3 is 0 Å². The van der Waals surface area contributed by atoms with Crippen molar-refractivity contribution in [1.29, 1.82) is 0 Å². The Morgan fingerprint density at radius 1 is 1.14 bits per heavy atom. The smallest absolute Gasteiger partial charge is 0.00436 e. The maximum Gasteiger partial charge on any atom is -0.00436 e. The van der Waals surface area contributed by atoms with Crippen LogP contribution >= 0.6 is 0 Å². The molecule has 1 nitrogen and oxygen atoms in total. The van der Waals surface area contributed by atoms with Gasteiger partial charge in [-0.1, -0.05) is 13.8 Å².